The Morgan fingerprint density at radius 3 is 2.00 bits per heavy atom. The molecule has 0 spiro atoms. The van der Waals surface area contributed by atoms with Crippen LogP contribution < -0.4 is 21.7 Å². The van der Waals surface area contributed by atoms with Crippen LogP contribution in [0.2, 0.25) is 0 Å². The average Bonchev–Trinajstić information content (AvgIpc) is 3.23. The van der Waals surface area contributed by atoms with E-state index in [2.05, 4.69) is 16.0 Å². The molecule has 4 amide bonds. The summed E-state index contributed by atoms with van der Waals surface area (Å²) < 4.78 is 0. The Kier molecular flexibility index (Phi) is 11.6. The molecule has 12 heteroatoms. The first-order valence-corrected chi connectivity index (χ1v) is 12.0. The molecule has 12 nitrogen and oxygen atoms in total. The van der Waals surface area contributed by atoms with Gasteiger partial charge in [-0.2, -0.15) is 0 Å². The maximum absolute atomic E-state index is 13.3. The number of carbonyl (C=O) groups is 5. The van der Waals surface area contributed by atoms with Crippen molar-refractivity contribution in [2.45, 2.75) is 97.1 Å². The van der Waals surface area contributed by atoms with E-state index >= 15 is 0 Å². The van der Waals surface area contributed by atoms with E-state index < -0.39 is 71.8 Å². The van der Waals surface area contributed by atoms with Crippen molar-refractivity contribution in [3.8, 4) is 0 Å². The molecule has 0 radical (unpaired) electrons. The summed E-state index contributed by atoms with van der Waals surface area (Å²) in [5.41, 5.74) is 5.64. The van der Waals surface area contributed by atoms with Crippen molar-refractivity contribution in [3.63, 3.8) is 0 Å². The number of carbonyl (C=O) groups excluding carboxylic acids is 4. The predicted octanol–water partition coefficient (Wildman–Crippen LogP) is -1.05. The summed E-state index contributed by atoms with van der Waals surface area (Å²) in [5, 5.41) is 26.4. The molecule has 35 heavy (non-hydrogen) atoms. The summed E-state index contributed by atoms with van der Waals surface area (Å²) in [6.07, 6.45) is -0.0198. The second kappa shape index (κ2) is 13.4. The fourth-order valence-electron chi connectivity index (χ4n) is 3.92. The van der Waals surface area contributed by atoms with E-state index in [1.165, 1.54) is 18.7 Å². The Morgan fingerprint density at radius 1 is 0.943 bits per heavy atom. The summed E-state index contributed by atoms with van der Waals surface area (Å²) in [5.74, 6) is -3.86. The van der Waals surface area contributed by atoms with Gasteiger partial charge in [0, 0.05) is 6.54 Å². The molecule has 0 aromatic rings. The number of nitrogens with two attached hydrogens (primary N) is 1. The first kappa shape index (κ1) is 30.3. The van der Waals surface area contributed by atoms with Gasteiger partial charge in [-0.3, -0.25) is 19.2 Å². The van der Waals surface area contributed by atoms with Crippen LogP contribution in [0.15, 0.2) is 0 Å². The van der Waals surface area contributed by atoms with Crippen LogP contribution in [-0.2, 0) is 24.0 Å². The van der Waals surface area contributed by atoms with E-state index in [0.29, 0.717) is 25.8 Å². The number of hydrogen-bond donors (Lipinski definition) is 6. The number of hydrogen-bond acceptors (Lipinski definition) is 7. The van der Waals surface area contributed by atoms with Gasteiger partial charge >= 0.3 is 5.97 Å². The van der Waals surface area contributed by atoms with Gasteiger partial charge in [-0.15, -0.1) is 0 Å². The fraction of sp³-hybridized carbons (Fsp3) is 0.783. The summed E-state index contributed by atoms with van der Waals surface area (Å²) in [6.45, 7) is 10.3. The lowest BCUT2D eigenvalue weighted by molar-refractivity contribution is -0.146. The normalized spacial score (nSPS) is 20.1. The maximum atomic E-state index is 13.3. The zero-order chi connectivity index (χ0) is 27.0. The fourth-order valence-corrected chi connectivity index (χ4v) is 3.92. The van der Waals surface area contributed by atoms with Gasteiger partial charge in [0.2, 0.25) is 23.6 Å². The number of aliphatic hydroxyl groups is 1. The molecule has 1 heterocycles. The quantitative estimate of drug-likeness (QED) is 0.196. The Bertz CT molecular complexity index is 784. The standard InChI is InChI=1S/C23H41N5O7/c1-11(2)10-15(25-19(30)13(5)24)22(33)28-9-7-8-16(28)20(31)26-17(12(3)4)21(32)27-18(14(6)29)23(34)35/h11-18,29H,7-10,24H2,1-6H3,(H,25,30)(H,26,31)(H,27,32)(H,34,35)/t13-,14+,15-,16-,17-,18-/m0/s1. The largest absolute Gasteiger partial charge is 0.480 e. The van der Waals surface area contributed by atoms with E-state index in [1.54, 1.807) is 13.8 Å². The van der Waals surface area contributed by atoms with Gasteiger partial charge in [-0.05, 0) is 44.9 Å². The summed E-state index contributed by atoms with van der Waals surface area (Å²) in [4.78, 5) is 64.1. The number of amides is 4. The highest BCUT2D eigenvalue weighted by molar-refractivity contribution is 5.95. The molecule has 1 aliphatic rings. The lowest BCUT2D eigenvalue weighted by atomic mass is 10.0. The van der Waals surface area contributed by atoms with Gasteiger partial charge < -0.3 is 36.8 Å². The molecular formula is C23H41N5O7. The molecular weight excluding hydrogens is 458 g/mol. The van der Waals surface area contributed by atoms with Crippen LogP contribution in [-0.4, -0.2) is 87.6 Å². The SMILES string of the molecule is CC(C)C[C@H](NC(=O)[C@H](C)N)C(=O)N1CCC[C@H]1C(=O)N[C@H](C(=O)N[C@H](C(=O)O)[C@@H](C)O)C(C)C. The number of likely N-dealkylation sites (tertiary alicyclic amines) is 1. The third-order valence-corrected chi connectivity index (χ3v) is 5.87. The number of aliphatic carboxylic acids is 1. The smallest absolute Gasteiger partial charge is 0.328 e. The van der Waals surface area contributed by atoms with Gasteiger partial charge in [-0.1, -0.05) is 27.7 Å². The van der Waals surface area contributed by atoms with Gasteiger partial charge in [0.15, 0.2) is 6.04 Å². The molecule has 0 bridgehead atoms. The van der Waals surface area contributed by atoms with Crippen molar-refractivity contribution in [1.29, 1.82) is 0 Å². The van der Waals surface area contributed by atoms with Crippen LogP contribution >= 0.6 is 0 Å². The van der Waals surface area contributed by atoms with E-state index in [9.17, 15) is 34.2 Å². The number of nitrogens with zero attached hydrogens (tertiary/aromatic N) is 1. The van der Waals surface area contributed by atoms with Crippen molar-refractivity contribution in [2.75, 3.05) is 6.54 Å². The highest BCUT2D eigenvalue weighted by Crippen LogP contribution is 2.21. The number of nitrogens with one attached hydrogen (secondary N) is 3. The lowest BCUT2D eigenvalue weighted by Crippen LogP contribution is -2.59. The molecule has 1 saturated heterocycles. The number of rotatable bonds is 12. The molecule has 1 fully saturated rings. The summed E-state index contributed by atoms with van der Waals surface area (Å²) in [6, 6.07) is -5.09. The molecule has 0 saturated carbocycles. The molecule has 200 valence electrons. The van der Waals surface area contributed by atoms with Crippen molar-refractivity contribution < 1.29 is 34.2 Å². The Morgan fingerprint density at radius 2 is 1.54 bits per heavy atom. The van der Waals surface area contributed by atoms with Crippen LogP contribution in [0.1, 0.15) is 60.8 Å². The molecule has 1 aliphatic heterocycles. The second-order valence-corrected chi connectivity index (χ2v) is 9.96. The number of carboxylic acids is 1. The van der Waals surface area contributed by atoms with E-state index in [0.717, 1.165) is 0 Å². The first-order chi connectivity index (χ1) is 16.2. The average molecular weight is 500 g/mol. The number of carboxylic acid groups (broad SMARTS) is 1. The minimum absolute atomic E-state index is 0.0947. The van der Waals surface area contributed by atoms with Crippen molar-refractivity contribution >= 4 is 29.6 Å². The van der Waals surface area contributed by atoms with E-state index in [-0.39, 0.29) is 5.92 Å². The Hall–Kier alpha value is -2.73. The maximum Gasteiger partial charge on any atom is 0.328 e. The lowest BCUT2D eigenvalue weighted by Gasteiger charge is -2.31. The zero-order valence-electron chi connectivity index (χ0n) is 21.4. The van der Waals surface area contributed by atoms with Crippen LogP contribution in [0, 0.1) is 11.8 Å². The Balaban J connectivity index is 3.02. The number of aliphatic hydroxyl groups excluding tert-OH is 1. The Labute approximate surface area is 206 Å². The first-order valence-electron chi connectivity index (χ1n) is 12.0. The third kappa shape index (κ3) is 8.77. The summed E-state index contributed by atoms with van der Waals surface area (Å²) >= 11 is 0. The topological polar surface area (TPSA) is 191 Å². The molecule has 7 N–H and O–H groups in total. The van der Waals surface area contributed by atoms with E-state index in [4.69, 9.17) is 5.73 Å². The second-order valence-electron chi connectivity index (χ2n) is 9.96. The minimum Gasteiger partial charge on any atom is -0.480 e. The highest BCUT2D eigenvalue weighted by atomic mass is 16.4. The molecule has 6 atom stereocenters. The zero-order valence-corrected chi connectivity index (χ0v) is 21.4. The molecule has 1 rings (SSSR count). The highest BCUT2D eigenvalue weighted by Gasteiger charge is 2.40. The predicted molar refractivity (Wildman–Crippen MR) is 128 cm³/mol. The van der Waals surface area contributed by atoms with Crippen LogP contribution in [0.5, 0.6) is 0 Å². The molecule has 0 aromatic heterocycles. The van der Waals surface area contributed by atoms with Crippen LogP contribution in [0.25, 0.3) is 0 Å². The van der Waals surface area contributed by atoms with Gasteiger partial charge in [-0.25, -0.2) is 4.79 Å². The third-order valence-electron chi connectivity index (χ3n) is 5.87. The van der Waals surface area contributed by atoms with Crippen molar-refractivity contribution in [2.24, 2.45) is 17.6 Å². The van der Waals surface area contributed by atoms with Crippen molar-refractivity contribution in [3.05, 3.63) is 0 Å². The van der Waals surface area contributed by atoms with Crippen molar-refractivity contribution in [1.82, 2.24) is 20.9 Å². The molecule has 0 aliphatic carbocycles. The van der Waals surface area contributed by atoms with Gasteiger partial charge in [0.1, 0.15) is 18.1 Å². The monoisotopic (exact) mass is 499 g/mol. The molecule has 0 unspecified atom stereocenters. The van der Waals surface area contributed by atoms with Gasteiger partial charge in [0.05, 0.1) is 12.1 Å². The van der Waals surface area contributed by atoms with Crippen LogP contribution in [0.3, 0.4) is 0 Å². The summed E-state index contributed by atoms with van der Waals surface area (Å²) in [7, 11) is 0. The van der Waals surface area contributed by atoms with Gasteiger partial charge in [0.25, 0.3) is 0 Å². The minimum atomic E-state index is -1.53. The van der Waals surface area contributed by atoms with E-state index in [1.807, 2.05) is 13.8 Å². The molecule has 0 aromatic carbocycles. The van der Waals surface area contributed by atoms with Crippen LogP contribution in [0.4, 0.5) is 0 Å².